The van der Waals surface area contributed by atoms with Gasteiger partial charge in [0.25, 0.3) is 0 Å². The minimum atomic E-state index is -0.938. The van der Waals surface area contributed by atoms with E-state index < -0.39 is 47.9 Å². The van der Waals surface area contributed by atoms with Crippen molar-refractivity contribution in [1.29, 1.82) is 0 Å². The number of nitrogens with one attached hydrogen (secondary N) is 4. The van der Waals surface area contributed by atoms with Gasteiger partial charge in [-0.05, 0) is 60.8 Å². The average molecular weight is 738 g/mol. The van der Waals surface area contributed by atoms with E-state index >= 15 is 0 Å². The molecule has 0 fully saturated rings. The number of rotatable bonds is 18. The predicted octanol–water partition coefficient (Wildman–Crippen LogP) is 3.60. The first kappa shape index (κ1) is 43.0. The number of nitrogens with zero attached hydrogens (tertiary/aromatic N) is 2. The summed E-state index contributed by atoms with van der Waals surface area (Å²) in [5, 5.41) is 11.8. The van der Waals surface area contributed by atoms with Crippen LogP contribution in [0.25, 0.3) is 0 Å². The van der Waals surface area contributed by atoms with Crippen molar-refractivity contribution in [2.24, 2.45) is 29.6 Å². The van der Waals surface area contributed by atoms with E-state index in [1.807, 2.05) is 93.5 Å². The second-order valence-corrected chi connectivity index (χ2v) is 15.3. The Bertz CT molecular complexity index is 1220. The number of hydrogen-bond acceptors (Lipinski definition) is 6. The molecule has 0 spiro atoms. The van der Waals surface area contributed by atoms with Crippen LogP contribution in [0.1, 0.15) is 74.8 Å². The van der Waals surface area contributed by atoms with Crippen LogP contribution in [0.3, 0.4) is 0 Å². The highest BCUT2D eigenvalue weighted by Gasteiger charge is 2.40. The SMILES string of the molecule is CN[C@H](C(=O)N[C@H](C(=O)N(C)[C@H](C(=O)N[C@H](C(=O)N(C)[C@H](C(=O)NCCc1ccc(Br)cc1)C(C)C)C(C)C)C(C)C)C(C)C)C(C)C. The summed E-state index contributed by atoms with van der Waals surface area (Å²) in [4.78, 5) is 70.9. The molecule has 4 N–H and O–H groups in total. The first-order valence-electron chi connectivity index (χ1n) is 17.1. The van der Waals surface area contributed by atoms with Gasteiger partial charge in [-0.3, -0.25) is 24.0 Å². The second kappa shape index (κ2) is 19.9. The smallest absolute Gasteiger partial charge is 0.245 e. The summed E-state index contributed by atoms with van der Waals surface area (Å²) in [6.45, 7) is 19.0. The Labute approximate surface area is 297 Å². The third-order valence-electron chi connectivity index (χ3n) is 8.68. The molecule has 0 aliphatic rings. The van der Waals surface area contributed by atoms with Gasteiger partial charge in [0.15, 0.2) is 0 Å². The summed E-state index contributed by atoms with van der Waals surface area (Å²) in [5.41, 5.74) is 1.08. The summed E-state index contributed by atoms with van der Waals surface area (Å²) in [5.74, 6) is -2.85. The fourth-order valence-electron chi connectivity index (χ4n) is 5.93. The summed E-state index contributed by atoms with van der Waals surface area (Å²) >= 11 is 3.43. The van der Waals surface area contributed by atoms with Crippen molar-refractivity contribution >= 4 is 45.5 Å². The van der Waals surface area contributed by atoms with Gasteiger partial charge in [-0.2, -0.15) is 0 Å². The molecule has 0 aromatic heterocycles. The molecule has 5 atom stereocenters. The minimum Gasteiger partial charge on any atom is -0.354 e. The van der Waals surface area contributed by atoms with E-state index in [0.29, 0.717) is 13.0 Å². The molecule has 48 heavy (non-hydrogen) atoms. The van der Waals surface area contributed by atoms with Crippen molar-refractivity contribution < 1.29 is 24.0 Å². The summed E-state index contributed by atoms with van der Waals surface area (Å²) < 4.78 is 0.980. The highest BCUT2D eigenvalue weighted by Crippen LogP contribution is 2.18. The van der Waals surface area contributed by atoms with Gasteiger partial charge >= 0.3 is 0 Å². The Morgan fingerprint density at radius 2 is 1.00 bits per heavy atom. The Morgan fingerprint density at radius 3 is 1.38 bits per heavy atom. The monoisotopic (exact) mass is 736 g/mol. The van der Waals surface area contributed by atoms with Crippen LogP contribution in [-0.2, 0) is 30.4 Å². The van der Waals surface area contributed by atoms with Crippen molar-refractivity contribution in [3.63, 3.8) is 0 Å². The standard InChI is InChI=1S/C36H61BrN6O5/c1-20(2)27(38-11)32(44)40-28(21(3)4)35(47)43(13)31(24(9)10)34(46)41-29(22(5)6)36(48)42(12)30(23(7)8)33(45)39-19-18-25-14-16-26(37)17-15-25/h14-17,20-24,27-31,38H,18-19H2,1-13H3,(H,39,45)(H,40,44)(H,41,46)/t27-,28-,29-,30-,31-/m0/s1. The maximum atomic E-state index is 14.0. The molecule has 11 nitrogen and oxygen atoms in total. The maximum absolute atomic E-state index is 14.0. The highest BCUT2D eigenvalue weighted by atomic mass is 79.9. The summed E-state index contributed by atoms with van der Waals surface area (Å²) in [6, 6.07) is 3.94. The van der Waals surface area contributed by atoms with Crippen molar-refractivity contribution in [3.8, 4) is 0 Å². The Hall–Kier alpha value is -2.99. The normalized spacial score (nSPS) is 14.8. The zero-order chi connectivity index (χ0) is 37.0. The number of carbonyl (C=O) groups excluding carboxylic acids is 5. The van der Waals surface area contributed by atoms with Gasteiger partial charge in [-0.25, -0.2) is 0 Å². The zero-order valence-corrected chi connectivity index (χ0v) is 32.9. The highest BCUT2D eigenvalue weighted by molar-refractivity contribution is 9.10. The van der Waals surface area contributed by atoms with E-state index in [-0.39, 0.29) is 41.4 Å². The molecule has 1 aromatic rings. The van der Waals surface area contributed by atoms with Gasteiger partial charge in [0.1, 0.15) is 24.2 Å². The minimum absolute atomic E-state index is 0.00646. The lowest BCUT2D eigenvalue weighted by Gasteiger charge is -2.37. The molecule has 5 amide bonds. The van der Waals surface area contributed by atoms with Crippen molar-refractivity contribution in [3.05, 3.63) is 34.3 Å². The van der Waals surface area contributed by atoms with Crippen LogP contribution >= 0.6 is 15.9 Å². The molecule has 0 unspecified atom stereocenters. The quantitative estimate of drug-likeness (QED) is 0.182. The van der Waals surface area contributed by atoms with Gasteiger partial charge in [0.2, 0.25) is 29.5 Å². The molecule has 0 aliphatic heterocycles. The number of hydrogen-bond donors (Lipinski definition) is 4. The van der Waals surface area contributed by atoms with Gasteiger partial charge in [0, 0.05) is 25.1 Å². The van der Waals surface area contributed by atoms with E-state index in [0.717, 1.165) is 10.0 Å². The van der Waals surface area contributed by atoms with Crippen molar-refractivity contribution in [2.45, 2.75) is 106 Å². The van der Waals surface area contributed by atoms with Crippen molar-refractivity contribution in [1.82, 2.24) is 31.1 Å². The Kier molecular flexibility index (Phi) is 17.8. The molecule has 1 aromatic carbocycles. The van der Waals surface area contributed by atoms with Gasteiger partial charge in [-0.1, -0.05) is 97.3 Å². The largest absolute Gasteiger partial charge is 0.354 e. The topological polar surface area (TPSA) is 140 Å². The van der Waals surface area contributed by atoms with Crippen LogP contribution in [0.2, 0.25) is 0 Å². The molecular formula is C36H61BrN6O5. The van der Waals surface area contributed by atoms with Crippen LogP contribution in [0.15, 0.2) is 28.7 Å². The molecule has 0 saturated heterocycles. The fourth-order valence-corrected chi connectivity index (χ4v) is 6.19. The number of amides is 5. The first-order valence-corrected chi connectivity index (χ1v) is 17.9. The molecule has 0 bridgehead atoms. The molecular weight excluding hydrogens is 676 g/mol. The fraction of sp³-hybridized carbons (Fsp3) is 0.694. The van der Waals surface area contributed by atoms with E-state index in [1.165, 1.54) is 9.80 Å². The third-order valence-corrected chi connectivity index (χ3v) is 9.21. The van der Waals surface area contributed by atoms with Crippen molar-refractivity contribution in [2.75, 3.05) is 27.7 Å². The van der Waals surface area contributed by atoms with Crippen LogP contribution in [0.4, 0.5) is 0 Å². The van der Waals surface area contributed by atoms with Gasteiger partial charge in [0.05, 0.1) is 6.04 Å². The number of carbonyl (C=O) groups is 5. The van der Waals surface area contributed by atoms with Gasteiger partial charge < -0.3 is 31.1 Å². The lowest BCUT2D eigenvalue weighted by Crippen LogP contribution is -2.62. The molecule has 12 heteroatoms. The lowest BCUT2D eigenvalue weighted by molar-refractivity contribution is -0.147. The second-order valence-electron chi connectivity index (χ2n) is 14.4. The Balaban J connectivity index is 3.15. The summed E-state index contributed by atoms with van der Waals surface area (Å²) in [6.07, 6.45) is 0.643. The van der Waals surface area contributed by atoms with Crippen LogP contribution < -0.4 is 21.3 Å². The number of benzene rings is 1. The molecule has 0 aliphatic carbocycles. The predicted molar refractivity (Wildman–Crippen MR) is 195 cm³/mol. The maximum Gasteiger partial charge on any atom is 0.245 e. The number of likely N-dealkylation sites (N-methyl/N-ethyl adjacent to an activating group) is 3. The van der Waals surface area contributed by atoms with Crippen LogP contribution in [0, 0.1) is 29.6 Å². The van der Waals surface area contributed by atoms with Crippen LogP contribution in [0.5, 0.6) is 0 Å². The zero-order valence-electron chi connectivity index (χ0n) is 31.3. The van der Waals surface area contributed by atoms with E-state index in [9.17, 15) is 24.0 Å². The molecule has 0 heterocycles. The van der Waals surface area contributed by atoms with E-state index in [2.05, 4.69) is 37.2 Å². The van der Waals surface area contributed by atoms with E-state index in [1.54, 1.807) is 21.1 Å². The Morgan fingerprint density at radius 1 is 0.604 bits per heavy atom. The van der Waals surface area contributed by atoms with Crippen LogP contribution in [-0.4, -0.2) is 97.2 Å². The lowest BCUT2D eigenvalue weighted by atomic mass is 9.95. The molecule has 0 radical (unpaired) electrons. The molecule has 272 valence electrons. The van der Waals surface area contributed by atoms with E-state index in [4.69, 9.17) is 0 Å². The number of halogens is 1. The molecule has 0 saturated carbocycles. The molecule has 1 rings (SSSR count). The average Bonchev–Trinajstić information content (AvgIpc) is 2.98. The van der Waals surface area contributed by atoms with Gasteiger partial charge in [-0.15, -0.1) is 0 Å². The summed E-state index contributed by atoms with van der Waals surface area (Å²) in [7, 11) is 4.84. The first-order chi connectivity index (χ1) is 22.3. The third kappa shape index (κ3) is 12.2.